The number of nitrogens with one attached hydrogen (secondary N) is 1. The molecule has 3 rings (SSSR count). The highest BCUT2D eigenvalue weighted by molar-refractivity contribution is 5.94. The molecule has 1 aliphatic rings. The van der Waals surface area contributed by atoms with E-state index >= 15 is 0 Å². The molecule has 0 radical (unpaired) electrons. The van der Waals surface area contributed by atoms with E-state index in [1.165, 1.54) is 42.7 Å². The second-order valence-corrected chi connectivity index (χ2v) is 6.74. The van der Waals surface area contributed by atoms with Gasteiger partial charge in [-0.2, -0.15) is 0 Å². The highest BCUT2D eigenvalue weighted by atomic mass is 19.1. The number of amides is 1. The Hall–Kier alpha value is -2.20. The first-order chi connectivity index (χ1) is 12.2. The number of carbonyl (C=O) groups excluding carboxylic acids is 1. The van der Waals surface area contributed by atoms with Crippen LogP contribution >= 0.6 is 0 Å². The van der Waals surface area contributed by atoms with E-state index in [4.69, 9.17) is 0 Å². The molecule has 2 aromatic carbocycles. The summed E-state index contributed by atoms with van der Waals surface area (Å²) in [7, 11) is 0. The van der Waals surface area contributed by atoms with Crippen molar-refractivity contribution in [2.75, 3.05) is 26.2 Å². The standard InChI is InChI=1S/C21H25FN2O/c22-20-8-6-19(7-9-20)21(25)23-12-15-24-13-10-18(11-14-24)16-17-4-2-1-3-5-17/h1-9,18H,10-16H2,(H,23,25). The summed E-state index contributed by atoms with van der Waals surface area (Å²) in [5, 5.41) is 2.91. The summed E-state index contributed by atoms with van der Waals surface area (Å²) in [6.07, 6.45) is 3.58. The minimum Gasteiger partial charge on any atom is -0.351 e. The summed E-state index contributed by atoms with van der Waals surface area (Å²) >= 11 is 0. The molecule has 0 aromatic heterocycles. The van der Waals surface area contributed by atoms with Crippen molar-refractivity contribution in [2.45, 2.75) is 19.3 Å². The molecule has 0 spiro atoms. The fourth-order valence-corrected chi connectivity index (χ4v) is 3.39. The van der Waals surface area contributed by atoms with Crippen molar-refractivity contribution in [3.8, 4) is 0 Å². The van der Waals surface area contributed by atoms with Gasteiger partial charge in [0.1, 0.15) is 5.82 Å². The number of nitrogens with zero attached hydrogens (tertiary/aromatic N) is 1. The summed E-state index contributed by atoms with van der Waals surface area (Å²) in [5.74, 6) is 0.293. The summed E-state index contributed by atoms with van der Waals surface area (Å²) in [5.41, 5.74) is 1.93. The zero-order valence-electron chi connectivity index (χ0n) is 14.5. The third-order valence-electron chi connectivity index (χ3n) is 4.89. The van der Waals surface area contributed by atoms with Gasteiger partial charge in [0.2, 0.25) is 0 Å². The van der Waals surface area contributed by atoms with Crippen LogP contribution in [0.25, 0.3) is 0 Å². The van der Waals surface area contributed by atoms with Gasteiger partial charge in [-0.1, -0.05) is 30.3 Å². The van der Waals surface area contributed by atoms with Crippen LogP contribution in [0, 0.1) is 11.7 Å². The number of rotatable bonds is 6. The molecule has 1 N–H and O–H groups in total. The highest BCUT2D eigenvalue weighted by Gasteiger charge is 2.19. The van der Waals surface area contributed by atoms with E-state index in [9.17, 15) is 9.18 Å². The Kier molecular flexibility index (Phi) is 6.18. The van der Waals surface area contributed by atoms with Crippen molar-refractivity contribution in [3.63, 3.8) is 0 Å². The maximum absolute atomic E-state index is 12.9. The van der Waals surface area contributed by atoms with Gasteiger partial charge < -0.3 is 10.2 Å². The lowest BCUT2D eigenvalue weighted by Crippen LogP contribution is -2.39. The van der Waals surface area contributed by atoms with E-state index in [2.05, 4.69) is 40.5 Å². The number of piperidine rings is 1. The number of hydrogen-bond acceptors (Lipinski definition) is 2. The number of likely N-dealkylation sites (tertiary alicyclic amines) is 1. The van der Waals surface area contributed by atoms with E-state index in [1.54, 1.807) is 0 Å². The topological polar surface area (TPSA) is 32.3 Å². The maximum Gasteiger partial charge on any atom is 0.251 e. The Morgan fingerprint density at radius 1 is 1.04 bits per heavy atom. The van der Waals surface area contributed by atoms with Gasteiger partial charge in [-0.15, -0.1) is 0 Å². The molecule has 0 saturated carbocycles. The Labute approximate surface area is 148 Å². The normalized spacial score (nSPS) is 15.9. The molecular formula is C21H25FN2O. The molecule has 1 saturated heterocycles. The second kappa shape index (κ2) is 8.77. The van der Waals surface area contributed by atoms with E-state index in [0.717, 1.165) is 32.0 Å². The first-order valence-corrected chi connectivity index (χ1v) is 9.01. The zero-order valence-corrected chi connectivity index (χ0v) is 14.5. The Bertz CT molecular complexity index is 664. The average Bonchev–Trinajstić information content (AvgIpc) is 2.64. The summed E-state index contributed by atoms with van der Waals surface area (Å²) in [4.78, 5) is 14.4. The first-order valence-electron chi connectivity index (χ1n) is 9.01. The van der Waals surface area contributed by atoms with Crippen molar-refractivity contribution in [1.29, 1.82) is 0 Å². The van der Waals surface area contributed by atoms with Gasteiger partial charge in [-0.25, -0.2) is 4.39 Å². The average molecular weight is 340 g/mol. The van der Waals surface area contributed by atoms with Crippen molar-refractivity contribution < 1.29 is 9.18 Å². The molecule has 2 aromatic rings. The smallest absolute Gasteiger partial charge is 0.251 e. The predicted octanol–water partition coefficient (Wildman–Crippen LogP) is 3.51. The lowest BCUT2D eigenvalue weighted by atomic mass is 9.90. The molecular weight excluding hydrogens is 315 g/mol. The van der Waals surface area contributed by atoms with Crippen LogP contribution in [0.5, 0.6) is 0 Å². The van der Waals surface area contributed by atoms with Crippen molar-refractivity contribution in [1.82, 2.24) is 10.2 Å². The zero-order chi connectivity index (χ0) is 17.5. The van der Waals surface area contributed by atoms with Crippen LogP contribution in [0.1, 0.15) is 28.8 Å². The molecule has 3 nitrogen and oxygen atoms in total. The van der Waals surface area contributed by atoms with Crippen LogP contribution in [-0.2, 0) is 6.42 Å². The van der Waals surface area contributed by atoms with Crippen LogP contribution < -0.4 is 5.32 Å². The minimum atomic E-state index is -0.324. The molecule has 0 unspecified atom stereocenters. The van der Waals surface area contributed by atoms with Crippen LogP contribution in [0.3, 0.4) is 0 Å². The van der Waals surface area contributed by atoms with Crippen LogP contribution in [0.4, 0.5) is 4.39 Å². The van der Waals surface area contributed by atoms with Crippen molar-refractivity contribution in [2.24, 2.45) is 5.92 Å². The highest BCUT2D eigenvalue weighted by Crippen LogP contribution is 2.21. The van der Waals surface area contributed by atoms with Gasteiger partial charge in [0.15, 0.2) is 0 Å². The van der Waals surface area contributed by atoms with Gasteiger partial charge in [-0.05, 0) is 68.1 Å². The minimum absolute atomic E-state index is 0.140. The van der Waals surface area contributed by atoms with E-state index in [-0.39, 0.29) is 11.7 Å². The van der Waals surface area contributed by atoms with Crippen molar-refractivity contribution >= 4 is 5.91 Å². The molecule has 1 aliphatic heterocycles. The third kappa shape index (κ3) is 5.40. The van der Waals surface area contributed by atoms with Crippen LogP contribution in [0.15, 0.2) is 54.6 Å². The summed E-state index contributed by atoms with van der Waals surface area (Å²) in [6, 6.07) is 16.3. The quantitative estimate of drug-likeness (QED) is 0.873. The molecule has 4 heteroatoms. The lowest BCUT2D eigenvalue weighted by Gasteiger charge is -2.32. The van der Waals surface area contributed by atoms with E-state index < -0.39 is 0 Å². The SMILES string of the molecule is O=C(NCCN1CCC(Cc2ccccc2)CC1)c1ccc(F)cc1. The Morgan fingerprint density at radius 3 is 2.40 bits per heavy atom. The second-order valence-electron chi connectivity index (χ2n) is 6.74. The van der Waals surface area contributed by atoms with Gasteiger partial charge in [0.05, 0.1) is 0 Å². The fourth-order valence-electron chi connectivity index (χ4n) is 3.39. The van der Waals surface area contributed by atoms with E-state index in [0.29, 0.717) is 12.1 Å². The molecule has 1 fully saturated rings. The Morgan fingerprint density at radius 2 is 1.72 bits per heavy atom. The number of hydrogen-bond donors (Lipinski definition) is 1. The first kappa shape index (κ1) is 17.6. The van der Waals surface area contributed by atoms with Crippen LogP contribution in [0.2, 0.25) is 0 Å². The molecule has 0 aliphatic carbocycles. The molecule has 1 heterocycles. The van der Waals surface area contributed by atoms with Crippen LogP contribution in [-0.4, -0.2) is 37.0 Å². The van der Waals surface area contributed by atoms with Gasteiger partial charge >= 0.3 is 0 Å². The van der Waals surface area contributed by atoms with Gasteiger partial charge in [0.25, 0.3) is 5.91 Å². The third-order valence-corrected chi connectivity index (χ3v) is 4.89. The predicted molar refractivity (Wildman–Crippen MR) is 98.0 cm³/mol. The Balaban J connectivity index is 1.35. The summed E-state index contributed by atoms with van der Waals surface area (Å²) < 4.78 is 12.9. The van der Waals surface area contributed by atoms with Gasteiger partial charge in [-0.3, -0.25) is 4.79 Å². The molecule has 1 amide bonds. The fraction of sp³-hybridized carbons (Fsp3) is 0.381. The van der Waals surface area contributed by atoms with Gasteiger partial charge in [0, 0.05) is 18.7 Å². The number of halogens is 1. The molecule has 25 heavy (non-hydrogen) atoms. The molecule has 0 atom stereocenters. The molecule has 132 valence electrons. The molecule has 0 bridgehead atoms. The van der Waals surface area contributed by atoms with E-state index in [1.807, 2.05) is 0 Å². The lowest BCUT2D eigenvalue weighted by molar-refractivity contribution is 0.0944. The van der Waals surface area contributed by atoms with Crippen molar-refractivity contribution in [3.05, 3.63) is 71.5 Å². The summed E-state index contributed by atoms with van der Waals surface area (Å²) in [6.45, 7) is 3.67. The monoisotopic (exact) mass is 340 g/mol. The number of carbonyl (C=O) groups is 1. The maximum atomic E-state index is 12.9. The number of benzene rings is 2. The largest absolute Gasteiger partial charge is 0.351 e.